The van der Waals surface area contributed by atoms with E-state index >= 15 is 0 Å². The molecule has 0 amide bonds. The molecule has 0 aliphatic heterocycles. The summed E-state index contributed by atoms with van der Waals surface area (Å²) in [6.45, 7) is 4.46. The van der Waals surface area contributed by atoms with Crippen molar-refractivity contribution in [3.63, 3.8) is 0 Å². The fourth-order valence-electron chi connectivity index (χ4n) is 2.71. The average molecular weight is 387 g/mol. The summed E-state index contributed by atoms with van der Waals surface area (Å²) in [6, 6.07) is 6.79. The van der Waals surface area contributed by atoms with E-state index in [0.717, 1.165) is 31.4 Å². The summed E-state index contributed by atoms with van der Waals surface area (Å²) in [5.74, 6) is 0.0307. The summed E-state index contributed by atoms with van der Waals surface area (Å²) in [5.41, 5.74) is 2.44. The Kier molecular flexibility index (Phi) is 5.69. The third-order valence-corrected chi connectivity index (χ3v) is 5.00. The van der Waals surface area contributed by atoms with Crippen molar-refractivity contribution < 1.29 is 9.53 Å². The van der Waals surface area contributed by atoms with Crippen LogP contribution < -0.4 is 5.32 Å². The molecule has 1 saturated carbocycles. The molecule has 0 aromatic heterocycles. The highest BCUT2D eigenvalue weighted by Crippen LogP contribution is 2.28. The Morgan fingerprint density at radius 1 is 1.45 bits per heavy atom. The zero-order valence-corrected chi connectivity index (χ0v) is 14.3. The molecule has 0 saturated heterocycles. The van der Waals surface area contributed by atoms with Crippen molar-refractivity contribution in [1.82, 2.24) is 0 Å². The Morgan fingerprint density at radius 3 is 2.95 bits per heavy atom. The molecule has 20 heavy (non-hydrogen) atoms. The molecule has 0 bridgehead atoms. The van der Waals surface area contributed by atoms with Gasteiger partial charge >= 0.3 is 5.97 Å². The normalized spacial score (nSPS) is 22.4. The molecule has 110 valence electrons. The number of hydrogen-bond acceptors (Lipinski definition) is 3. The van der Waals surface area contributed by atoms with Gasteiger partial charge in [0, 0.05) is 15.3 Å². The van der Waals surface area contributed by atoms with Crippen LogP contribution in [0.4, 0.5) is 5.69 Å². The second kappa shape index (κ2) is 7.29. The number of ether oxygens (including phenoxy) is 1. The van der Waals surface area contributed by atoms with Crippen LogP contribution in [0, 0.1) is 16.4 Å². The zero-order valence-electron chi connectivity index (χ0n) is 12.1. The fraction of sp³-hybridized carbons (Fsp3) is 0.562. The first-order valence-electron chi connectivity index (χ1n) is 7.29. The highest BCUT2D eigenvalue weighted by molar-refractivity contribution is 14.1. The monoisotopic (exact) mass is 387 g/mol. The number of anilines is 1. The molecule has 0 spiro atoms. The third kappa shape index (κ3) is 4.11. The van der Waals surface area contributed by atoms with Gasteiger partial charge in [-0.2, -0.15) is 0 Å². The first-order chi connectivity index (χ1) is 9.60. The number of nitrogens with one attached hydrogen (secondary N) is 1. The maximum Gasteiger partial charge on any atom is 0.308 e. The number of esters is 1. The van der Waals surface area contributed by atoms with Gasteiger partial charge in [-0.1, -0.05) is 12.5 Å². The second-order valence-corrected chi connectivity index (χ2v) is 6.58. The van der Waals surface area contributed by atoms with Gasteiger partial charge in [-0.25, -0.2) is 0 Å². The van der Waals surface area contributed by atoms with E-state index in [1.165, 1.54) is 9.13 Å². The summed E-state index contributed by atoms with van der Waals surface area (Å²) in [7, 11) is 0. The Bertz CT molecular complexity index is 476. The van der Waals surface area contributed by atoms with Gasteiger partial charge in [0.05, 0.1) is 12.5 Å². The predicted octanol–water partition coefficient (Wildman–Crippen LogP) is 4.13. The van der Waals surface area contributed by atoms with E-state index in [0.29, 0.717) is 12.6 Å². The van der Waals surface area contributed by atoms with Crippen LogP contribution in [0.15, 0.2) is 18.2 Å². The molecule has 1 aliphatic rings. The predicted molar refractivity (Wildman–Crippen MR) is 89.9 cm³/mol. The highest BCUT2D eigenvalue weighted by atomic mass is 127. The zero-order chi connectivity index (χ0) is 14.5. The van der Waals surface area contributed by atoms with E-state index < -0.39 is 0 Å². The van der Waals surface area contributed by atoms with E-state index in [1.807, 2.05) is 6.92 Å². The van der Waals surface area contributed by atoms with Crippen molar-refractivity contribution >= 4 is 34.2 Å². The number of aryl methyl sites for hydroxylation is 1. The first kappa shape index (κ1) is 15.6. The van der Waals surface area contributed by atoms with E-state index in [9.17, 15) is 4.79 Å². The maximum absolute atomic E-state index is 11.8. The Labute approximate surface area is 134 Å². The molecular formula is C16H22INO2. The molecule has 1 aliphatic carbocycles. The summed E-state index contributed by atoms with van der Waals surface area (Å²) in [6.07, 6.45) is 4.05. The number of halogens is 1. The lowest BCUT2D eigenvalue weighted by molar-refractivity contribution is -0.149. The number of benzene rings is 1. The minimum atomic E-state index is -0.0301. The van der Waals surface area contributed by atoms with Gasteiger partial charge in [0.1, 0.15) is 0 Å². The molecule has 1 N–H and O–H groups in total. The lowest BCUT2D eigenvalue weighted by Crippen LogP contribution is -2.32. The Balaban J connectivity index is 1.95. The van der Waals surface area contributed by atoms with Crippen LogP contribution in [0.25, 0.3) is 0 Å². The molecule has 4 heteroatoms. The van der Waals surface area contributed by atoms with Crippen molar-refractivity contribution in [1.29, 1.82) is 0 Å². The number of carbonyl (C=O) groups is 1. The molecule has 1 aromatic carbocycles. The van der Waals surface area contributed by atoms with Crippen LogP contribution in [-0.4, -0.2) is 18.6 Å². The lowest BCUT2D eigenvalue weighted by Gasteiger charge is -2.29. The van der Waals surface area contributed by atoms with Crippen molar-refractivity contribution in [3.8, 4) is 0 Å². The molecule has 0 radical (unpaired) electrons. The SMILES string of the molecule is CCOC(=O)C1CCCC(Nc2ccc(C)c(I)c2)C1. The standard InChI is InChI=1S/C16H22INO2/c1-3-20-16(19)12-5-4-6-13(9-12)18-14-8-7-11(2)15(17)10-14/h7-8,10,12-13,18H,3-6,9H2,1-2H3. The number of hydrogen-bond donors (Lipinski definition) is 1. The Hall–Kier alpha value is -0.780. The molecule has 3 nitrogen and oxygen atoms in total. The molecule has 2 atom stereocenters. The summed E-state index contributed by atoms with van der Waals surface area (Å²) < 4.78 is 6.42. The van der Waals surface area contributed by atoms with Crippen LogP contribution in [0.2, 0.25) is 0 Å². The van der Waals surface area contributed by atoms with Crippen LogP contribution in [-0.2, 0) is 9.53 Å². The maximum atomic E-state index is 11.8. The Morgan fingerprint density at radius 2 is 2.25 bits per heavy atom. The lowest BCUT2D eigenvalue weighted by atomic mass is 9.85. The fourth-order valence-corrected chi connectivity index (χ4v) is 3.23. The molecular weight excluding hydrogens is 365 g/mol. The van der Waals surface area contributed by atoms with Crippen LogP contribution in [0.5, 0.6) is 0 Å². The summed E-state index contributed by atoms with van der Waals surface area (Å²) >= 11 is 2.36. The minimum absolute atomic E-state index is 0.0301. The van der Waals surface area contributed by atoms with Crippen molar-refractivity contribution in [2.24, 2.45) is 5.92 Å². The molecule has 2 rings (SSSR count). The quantitative estimate of drug-likeness (QED) is 0.624. The van der Waals surface area contributed by atoms with Gasteiger partial charge in [-0.3, -0.25) is 4.79 Å². The number of carbonyl (C=O) groups excluding carboxylic acids is 1. The van der Waals surface area contributed by atoms with Gasteiger partial charge in [0.25, 0.3) is 0 Å². The van der Waals surface area contributed by atoms with E-state index in [1.54, 1.807) is 0 Å². The van der Waals surface area contributed by atoms with Crippen molar-refractivity contribution in [3.05, 3.63) is 27.3 Å². The van der Waals surface area contributed by atoms with Crippen LogP contribution in [0.1, 0.15) is 38.2 Å². The topological polar surface area (TPSA) is 38.3 Å². The van der Waals surface area contributed by atoms with Crippen LogP contribution >= 0.6 is 22.6 Å². The summed E-state index contributed by atoms with van der Waals surface area (Å²) in [5, 5.41) is 3.56. The third-order valence-electron chi connectivity index (χ3n) is 3.84. The number of rotatable bonds is 4. The van der Waals surface area contributed by atoms with Gasteiger partial charge in [-0.05, 0) is 73.4 Å². The average Bonchev–Trinajstić information content (AvgIpc) is 2.43. The largest absolute Gasteiger partial charge is 0.466 e. The van der Waals surface area contributed by atoms with E-state index in [4.69, 9.17) is 4.74 Å². The van der Waals surface area contributed by atoms with Gasteiger partial charge in [0.2, 0.25) is 0 Å². The smallest absolute Gasteiger partial charge is 0.308 e. The molecule has 2 unspecified atom stereocenters. The molecule has 1 fully saturated rings. The van der Waals surface area contributed by atoms with Gasteiger partial charge < -0.3 is 10.1 Å². The van der Waals surface area contributed by atoms with Crippen LogP contribution in [0.3, 0.4) is 0 Å². The van der Waals surface area contributed by atoms with Crippen molar-refractivity contribution in [2.45, 2.75) is 45.6 Å². The van der Waals surface area contributed by atoms with Crippen molar-refractivity contribution in [2.75, 3.05) is 11.9 Å². The van der Waals surface area contributed by atoms with E-state index in [2.05, 4.69) is 53.0 Å². The van der Waals surface area contributed by atoms with Gasteiger partial charge in [-0.15, -0.1) is 0 Å². The molecule has 1 aromatic rings. The highest BCUT2D eigenvalue weighted by Gasteiger charge is 2.28. The first-order valence-corrected chi connectivity index (χ1v) is 8.37. The minimum Gasteiger partial charge on any atom is -0.466 e. The molecule has 0 heterocycles. The second-order valence-electron chi connectivity index (χ2n) is 5.42. The van der Waals surface area contributed by atoms with Gasteiger partial charge in [0.15, 0.2) is 0 Å². The van der Waals surface area contributed by atoms with E-state index in [-0.39, 0.29) is 11.9 Å². The summed E-state index contributed by atoms with van der Waals surface area (Å²) in [4.78, 5) is 11.8.